The van der Waals surface area contributed by atoms with Crippen molar-refractivity contribution < 1.29 is 13.9 Å². The number of benzene rings is 1. The van der Waals surface area contributed by atoms with E-state index >= 15 is 0 Å². The average molecular weight is 358 g/mol. The van der Waals surface area contributed by atoms with Gasteiger partial charge in [-0.15, -0.1) is 0 Å². The summed E-state index contributed by atoms with van der Waals surface area (Å²) in [6.45, 7) is 0.546. The molecular weight excluding hydrogens is 342 g/mol. The van der Waals surface area contributed by atoms with Crippen molar-refractivity contribution in [3.63, 3.8) is 0 Å². The van der Waals surface area contributed by atoms with Gasteiger partial charge < -0.3 is 19.8 Å². The molecule has 0 saturated heterocycles. The van der Waals surface area contributed by atoms with Crippen molar-refractivity contribution >= 4 is 28.9 Å². The molecule has 0 spiro atoms. The fourth-order valence-corrected chi connectivity index (χ4v) is 2.43. The van der Waals surface area contributed by atoms with E-state index in [0.717, 1.165) is 11.4 Å². The fraction of sp³-hybridized carbons (Fsp3) is 0.111. The summed E-state index contributed by atoms with van der Waals surface area (Å²) in [5, 5.41) is 6.33. The maximum Gasteiger partial charge on any atom is 0.274 e. The highest BCUT2D eigenvalue weighted by molar-refractivity contribution is 6.32. The Bertz CT molecular complexity index is 849. The predicted molar refractivity (Wildman–Crippen MR) is 96.2 cm³/mol. The zero-order valence-corrected chi connectivity index (χ0v) is 14.2. The summed E-state index contributed by atoms with van der Waals surface area (Å²) < 4.78 is 10.3. The van der Waals surface area contributed by atoms with Crippen molar-refractivity contribution in [1.82, 2.24) is 4.98 Å². The molecule has 0 aliphatic heterocycles. The SMILES string of the molecule is COc1ccc(NC(=O)c2ccc(NCc3ccco3)cn2)cc1Cl. The van der Waals surface area contributed by atoms with Crippen LogP contribution in [0.5, 0.6) is 5.75 Å². The molecule has 1 aromatic carbocycles. The highest BCUT2D eigenvalue weighted by Gasteiger charge is 2.09. The number of hydrogen-bond donors (Lipinski definition) is 2. The highest BCUT2D eigenvalue weighted by Crippen LogP contribution is 2.27. The van der Waals surface area contributed by atoms with Gasteiger partial charge in [0.1, 0.15) is 17.2 Å². The number of carbonyl (C=O) groups excluding carboxylic acids is 1. The molecule has 2 heterocycles. The molecule has 0 bridgehead atoms. The molecule has 0 atom stereocenters. The minimum Gasteiger partial charge on any atom is -0.495 e. The Hall–Kier alpha value is -2.99. The summed E-state index contributed by atoms with van der Waals surface area (Å²) in [6.07, 6.45) is 3.22. The number of pyridine rings is 1. The molecule has 0 aliphatic carbocycles. The van der Waals surface area contributed by atoms with E-state index in [4.69, 9.17) is 20.8 Å². The fourth-order valence-electron chi connectivity index (χ4n) is 2.17. The maximum absolute atomic E-state index is 12.3. The van der Waals surface area contributed by atoms with E-state index in [9.17, 15) is 4.79 Å². The maximum atomic E-state index is 12.3. The summed E-state index contributed by atoms with van der Waals surface area (Å²) in [5.41, 5.74) is 1.66. The molecular formula is C18H16ClN3O3. The minimum absolute atomic E-state index is 0.301. The number of amides is 1. The van der Waals surface area contributed by atoms with Gasteiger partial charge in [-0.1, -0.05) is 11.6 Å². The van der Waals surface area contributed by atoms with E-state index in [-0.39, 0.29) is 5.91 Å². The Labute approximate surface area is 149 Å². The van der Waals surface area contributed by atoms with Gasteiger partial charge in [0.05, 0.1) is 36.8 Å². The lowest BCUT2D eigenvalue weighted by Gasteiger charge is -2.08. The molecule has 0 unspecified atom stereocenters. The summed E-state index contributed by atoms with van der Waals surface area (Å²) in [6, 6.07) is 12.2. The van der Waals surface area contributed by atoms with Gasteiger partial charge in [-0.25, -0.2) is 4.98 Å². The molecule has 0 radical (unpaired) electrons. The van der Waals surface area contributed by atoms with E-state index < -0.39 is 0 Å². The van der Waals surface area contributed by atoms with Gasteiger partial charge in [0.15, 0.2) is 0 Å². The standard InChI is InChI=1S/C18H16ClN3O3/c1-24-17-7-5-12(9-15(17)19)22-18(23)16-6-4-13(10-21-16)20-11-14-3-2-8-25-14/h2-10,20H,11H2,1H3,(H,22,23). The van der Waals surface area contributed by atoms with Crippen molar-refractivity contribution in [2.24, 2.45) is 0 Å². The lowest BCUT2D eigenvalue weighted by atomic mass is 10.2. The Balaban J connectivity index is 1.61. The van der Waals surface area contributed by atoms with Crippen LogP contribution in [0.4, 0.5) is 11.4 Å². The lowest BCUT2D eigenvalue weighted by Crippen LogP contribution is -2.13. The summed E-state index contributed by atoms with van der Waals surface area (Å²) in [5.74, 6) is 1.04. The van der Waals surface area contributed by atoms with Crippen LogP contribution in [-0.4, -0.2) is 18.0 Å². The molecule has 3 rings (SSSR count). The Morgan fingerprint density at radius 3 is 2.72 bits per heavy atom. The number of nitrogens with one attached hydrogen (secondary N) is 2. The number of furan rings is 1. The first-order valence-corrected chi connectivity index (χ1v) is 7.90. The average Bonchev–Trinajstić information content (AvgIpc) is 3.14. The van der Waals surface area contributed by atoms with Crippen LogP contribution in [0.1, 0.15) is 16.2 Å². The van der Waals surface area contributed by atoms with Crippen LogP contribution in [0.15, 0.2) is 59.3 Å². The Morgan fingerprint density at radius 1 is 1.24 bits per heavy atom. The summed E-state index contributed by atoms with van der Waals surface area (Å²) >= 11 is 6.05. The molecule has 2 aromatic heterocycles. The van der Waals surface area contributed by atoms with Gasteiger partial charge in [0.25, 0.3) is 5.91 Å². The third-order valence-electron chi connectivity index (χ3n) is 3.45. The van der Waals surface area contributed by atoms with Crippen LogP contribution in [0.2, 0.25) is 5.02 Å². The number of rotatable bonds is 6. The van der Waals surface area contributed by atoms with Crippen molar-refractivity contribution in [2.75, 3.05) is 17.7 Å². The van der Waals surface area contributed by atoms with Crippen molar-refractivity contribution in [3.8, 4) is 5.75 Å². The largest absolute Gasteiger partial charge is 0.495 e. The third-order valence-corrected chi connectivity index (χ3v) is 3.75. The number of anilines is 2. The monoisotopic (exact) mass is 357 g/mol. The van der Waals surface area contributed by atoms with Gasteiger partial charge in [0, 0.05) is 5.69 Å². The van der Waals surface area contributed by atoms with Crippen molar-refractivity contribution in [3.05, 3.63) is 71.4 Å². The molecule has 25 heavy (non-hydrogen) atoms. The van der Waals surface area contributed by atoms with Crippen LogP contribution in [-0.2, 0) is 6.54 Å². The molecule has 128 valence electrons. The second kappa shape index (κ2) is 7.72. The molecule has 0 aliphatic rings. The van der Waals surface area contributed by atoms with Crippen LogP contribution >= 0.6 is 11.6 Å². The molecule has 3 aromatic rings. The van der Waals surface area contributed by atoms with E-state index in [1.54, 1.807) is 42.8 Å². The van der Waals surface area contributed by atoms with Gasteiger partial charge in [-0.3, -0.25) is 4.79 Å². The number of halogens is 1. The summed E-state index contributed by atoms with van der Waals surface area (Å²) in [4.78, 5) is 16.4. The summed E-state index contributed by atoms with van der Waals surface area (Å²) in [7, 11) is 1.53. The second-order valence-electron chi connectivity index (χ2n) is 5.17. The molecule has 7 heteroatoms. The van der Waals surface area contributed by atoms with Gasteiger partial charge in [-0.05, 0) is 42.5 Å². The third kappa shape index (κ3) is 4.30. The molecule has 0 fully saturated rings. The molecule has 0 saturated carbocycles. The van der Waals surface area contributed by atoms with Gasteiger partial charge >= 0.3 is 0 Å². The predicted octanol–water partition coefficient (Wildman–Crippen LogP) is 4.20. The number of ether oxygens (including phenoxy) is 1. The van der Waals surface area contributed by atoms with Crippen LogP contribution in [0, 0.1) is 0 Å². The smallest absolute Gasteiger partial charge is 0.274 e. The van der Waals surface area contributed by atoms with Crippen LogP contribution < -0.4 is 15.4 Å². The zero-order chi connectivity index (χ0) is 17.6. The number of carbonyl (C=O) groups is 1. The number of hydrogen-bond acceptors (Lipinski definition) is 5. The first kappa shape index (κ1) is 16.9. The number of methoxy groups -OCH3 is 1. The van der Waals surface area contributed by atoms with Crippen LogP contribution in [0.3, 0.4) is 0 Å². The van der Waals surface area contributed by atoms with Crippen molar-refractivity contribution in [2.45, 2.75) is 6.54 Å². The Morgan fingerprint density at radius 2 is 2.08 bits per heavy atom. The Kier molecular flexibility index (Phi) is 5.20. The highest BCUT2D eigenvalue weighted by atomic mass is 35.5. The van der Waals surface area contributed by atoms with Crippen LogP contribution in [0.25, 0.3) is 0 Å². The van der Waals surface area contributed by atoms with Gasteiger partial charge in [0.2, 0.25) is 0 Å². The van der Waals surface area contributed by atoms with E-state index in [1.807, 2.05) is 12.1 Å². The number of nitrogens with zero attached hydrogens (tertiary/aromatic N) is 1. The molecule has 2 N–H and O–H groups in total. The normalized spacial score (nSPS) is 10.3. The number of aromatic nitrogens is 1. The zero-order valence-electron chi connectivity index (χ0n) is 13.5. The lowest BCUT2D eigenvalue weighted by molar-refractivity contribution is 0.102. The molecule has 6 nitrogen and oxygen atoms in total. The van der Waals surface area contributed by atoms with Crippen molar-refractivity contribution in [1.29, 1.82) is 0 Å². The second-order valence-corrected chi connectivity index (χ2v) is 5.58. The molecule has 1 amide bonds. The first-order valence-electron chi connectivity index (χ1n) is 7.53. The quantitative estimate of drug-likeness (QED) is 0.691. The van der Waals surface area contributed by atoms with E-state index in [1.165, 1.54) is 7.11 Å². The minimum atomic E-state index is -0.321. The topological polar surface area (TPSA) is 76.4 Å². The van der Waals surface area contributed by atoms with E-state index in [2.05, 4.69) is 15.6 Å². The first-order chi connectivity index (χ1) is 12.2. The van der Waals surface area contributed by atoms with E-state index in [0.29, 0.717) is 28.7 Å². The van der Waals surface area contributed by atoms with Gasteiger partial charge in [-0.2, -0.15) is 0 Å².